The lowest BCUT2D eigenvalue weighted by atomic mass is 9.84. The van der Waals surface area contributed by atoms with Gasteiger partial charge in [0.1, 0.15) is 0 Å². The molecule has 2 unspecified atom stereocenters. The van der Waals surface area contributed by atoms with Gasteiger partial charge in [-0.05, 0) is 63.4 Å². The first-order valence-electron chi connectivity index (χ1n) is 7.66. The SMILES string of the molecule is CCC(C)(C(Cc1ccc(F)c(F)c1)NN)N1CCCC1. The lowest BCUT2D eigenvalue weighted by Gasteiger charge is -2.44. The number of rotatable bonds is 6. The number of nitrogens with two attached hydrogens (primary N) is 1. The number of likely N-dealkylation sites (tertiary alicyclic amines) is 1. The fourth-order valence-electron chi connectivity index (χ4n) is 3.28. The fourth-order valence-corrected chi connectivity index (χ4v) is 3.28. The van der Waals surface area contributed by atoms with Gasteiger partial charge >= 0.3 is 0 Å². The van der Waals surface area contributed by atoms with E-state index in [0.717, 1.165) is 25.1 Å². The molecule has 1 aliphatic rings. The van der Waals surface area contributed by atoms with Gasteiger partial charge in [0.25, 0.3) is 0 Å². The van der Waals surface area contributed by atoms with Crippen LogP contribution in [0.3, 0.4) is 0 Å². The van der Waals surface area contributed by atoms with Crippen molar-refractivity contribution in [2.75, 3.05) is 13.1 Å². The largest absolute Gasteiger partial charge is 0.296 e. The fraction of sp³-hybridized carbons (Fsp3) is 0.625. The van der Waals surface area contributed by atoms with Crippen LogP contribution in [0.2, 0.25) is 0 Å². The quantitative estimate of drug-likeness (QED) is 0.626. The van der Waals surface area contributed by atoms with Gasteiger partial charge < -0.3 is 0 Å². The molecule has 1 aromatic rings. The lowest BCUT2D eigenvalue weighted by Crippen LogP contribution is -2.61. The number of nitrogens with zero attached hydrogens (tertiary/aromatic N) is 1. The van der Waals surface area contributed by atoms with Crippen LogP contribution in [0.4, 0.5) is 8.78 Å². The summed E-state index contributed by atoms with van der Waals surface area (Å²) in [5, 5.41) is 0. The van der Waals surface area contributed by atoms with Crippen molar-refractivity contribution >= 4 is 0 Å². The average Bonchev–Trinajstić information content (AvgIpc) is 3.02. The Labute approximate surface area is 125 Å². The molecule has 0 saturated carbocycles. The Kier molecular flexibility index (Phi) is 5.30. The molecule has 0 aliphatic carbocycles. The number of hydrazine groups is 1. The molecule has 1 heterocycles. The van der Waals surface area contributed by atoms with Gasteiger partial charge in [-0.1, -0.05) is 13.0 Å². The first-order chi connectivity index (χ1) is 10.0. The molecular weight excluding hydrogens is 272 g/mol. The van der Waals surface area contributed by atoms with E-state index in [1.165, 1.54) is 25.0 Å². The maximum atomic E-state index is 13.4. The summed E-state index contributed by atoms with van der Waals surface area (Å²) in [5.74, 6) is 4.16. The standard InChI is InChI=1S/C16H25F2N3/c1-3-16(2,21-8-4-5-9-21)15(20-19)11-12-6-7-13(17)14(18)10-12/h6-7,10,15,20H,3-5,8-9,11,19H2,1-2H3. The van der Waals surface area contributed by atoms with Gasteiger partial charge in [-0.2, -0.15) is 0 Å². The van der Waals surface area contributed by atoms with Gasteiger partial charge in [0, 0.05) is 11.6 Å². The number of hydrogen-bond acceptors (Lipinski definition) is 3. The third-order valence-electron chi connectivity index (χ3n) is 4.92. The molecule has 3 nitrogen and oxygen atoms in total. The molecule has 1 aliphatic heterocycles. The van der Waals surface area contributed by atoms with Crippen molar-refractivity contribution in [2.24, 2.45) is 5.84 Å². The highest BCUT2D eigenvalue weighted by molar-refractivity contribution is 5.20. The third kappa shape index (κ3) is 3.42. The van der Waals surface area contributed by atoms with Gasteiger partial charge in [0.2, 0.25) is 0 Å². The van der Waals surface area contributed by atoms with E-state index >= 15 is 0 Å². The predicted octanol–water partition coefficient (Wildman–Crippen LogP) is 2.60. The highest BCUT2D eigenvalue weighted by atomic mass is 19.2. The summed E-state index contributed by atoms with van der Waals surface area (Å²) in [6, 6.07) is 4.06. The third-order valence-corrected chi connectivity index (χ3v) is 4.92. The first-order valence-corrected chi connectivity index (χ1v) is 7.66. The smallest absolute Gasteiger partial charge is 0.159 e. The highest BCUT2D eigenvalue weighted by Gasteiger charge is 2.38. The van der Waals surface area contributed by atoms with Gasteiger partial charge in [-0.15, -0.1) is 0 Å². The van der Waals surface area contributed by atoms with Crippen LogP contribution in [0.25, 0.3) is 0 Å². The van der Waals surface area contributed by atoms with Crippen LogP contribution in [0, 0.1) is 11.6 Å². The Bertz CT molecular complexity index is 475. The summed E-state index contributed by atoms with van der Waals surface area (Å²) in [4.78, 5) is 2.46. The molecule has 1 saturated heterocycles. The number of nitrogens with one attached hydrogen (secondary N) is 1. The van der Waals surface area contributed by atoms with Crippen molar-refractivity contribution in [3.05, 3.63) is 35.4 Å². The molecule has 2 atom stereocenters. The van der Waals surface area contributed by atoms with Gasteiger partial charge in [-0.3, -0.25) is 16.2 Å². The maximum Gasteiger partial charge on any atom is 0.159 e. The molecular formula is C16H25F2N3. The first kappa shape index (κ1) is 16.3. The average molecular weight is 297 g/mol. The summed E-state index contributed by atoms with van der Waals surface area (Å²) >= 11 is 0. The van der Waals surface area contributed by atoms with Crippen molar-refractivity contribution in [1.29, 1.82) is 0 Å². The normalized spacial score (nSPS) is 20.4. The summed E-state index contributed by atoms with van der Waals surface area (Å²) in [5.41, 5.74) is 3.57. The maximum absolute atomic E-state index is 13.4. The lowest BCUT2D eigenvalue weighted by molar-refractivity contribution is 0.0840. The van der Waals surface area contributed by atoms with Crippen LogP contribution < -0.4 is 11.3 Å². The molecule has 0 aromatic heterocycles. The van der Waals surface area contributed by atoms with Gasteiger partial charge in [-0.25, -0.2) is 8.78 Å². The molecule has 118 valence electrons. The second-order valence-corrected chi connectivity index (χ2v) is 6.08. The molecule has 0 spiro atoms. The van der Waals surface area contributed by atoms with Crippen LogP contribution >= 0.6 is 0 Å². The molecule has 0 radical (unpaired) electrons. The monoisotopic (exact) mass is 297 g/mol. The Hall–Kier alpha value is -1.04. The van der Waals surface area contributed by atoms with Crippen molar-refractivity contribution in [2.45, 2.75) is 51.1 Å². The molecule has 5 heteroatoms. The second kappa shape index (κ2) is 6.81. The summed E-state index contributed by atoms with van der Waals surface area (Å²) < 4.78 is 26.4. The minimum Gasteiger partial charge on any atom is -0.296 e. The van der Waals surface area contributed by atoms with E-state index in [1.54, 1.807) is 6.07 Å². The molecule has 1 aromatic carbocycles. The summed E-state index contributed by atoms with van der Waals surface area (Å²) in [7, 11) is 0. The molecule has 1 fully saturated rings. The summed E-state index contributed by atoms with van der Waals surface area (Å²) in [6.45, 7) is 6.48. The van der Waals surface area contributed by atoms with E-state index in [0.29, 0.717) is 6.42 Å². The van der Waals surface area contributed by atoms with E-state index in [4.69, 9.17) is 5.84 Å². The van der Waals surface area contributed by atoms with Crippen molar-refractivity contribution < 1.29 is 8.78 Å². The van der Waals surface area contributed by atoms with Crippen LogP contribution in [0.15, 0.2) is 18.2 Å². The minimum atomic E-state index is -0.811. The van der Waals surface area contributed by atoms with E-state index in [1.807, 2.05) is 0 Å². The molecule has 0 bridgehead atoms. The zero-order valence-corrected chi connectivity index (χ0v) is 12.8. The zero-order valence-electron chi connectivity index (χ0n) is 12.8. The van der Waals surface area contributed by atoms with E-state index in [-0.39, 0.29) is 11.6 Å². The molecule has 0 amide bonds. The van der Waals surface area contributed by atoms with Crippen LogP contribution in [0.5, 0.6) is 0 Å². The van der Waals surface area contributed by atoms with Crippen LogP contribution in [-0.2, 0) is 6.42 Å². The Morgan fingerprint density at radius 2 is 1.95 bits per heavy atom. The molecule has 3 N–H and O–H groups in total. The summed E-state index contributed by atoms with van der Waals surface area (Å²) in [6.07, 6.45) is 3.94. The highest BCUT2D eigenvalue weighted by Crippen LogP contribution is 2.29. The Morgan fingerprint density at radius 3 is 2.48 bits per heavy atom. The Morgan fingerprint density at radius 1 is 1.29 bits per heavy atom. The van der Waals surface area contributed by atoms with Crippen molar-refractivity contribution in [1.82, 2.24) is 10.3 Å². The van der Waals surface area contributed by atoms with E-state index < -0.39 is 11.6 Å². The van der Waals surface area contributed by atoms with Crippen molar-refractivity contribution in [3.63, 3.8) is 0 Å². The van der Waals surface area contributed by atoms with E-state index in [9.17, 15) is 8.78 Å². The topological polar surface area (TPSA) is 41.3 Å². The van der Waals surface area contributed by atoms with E-state index in [2.05, 4.69) is 24.2 Å². The van der Waals surface area contributed by atoms with Gasteiger partial charge in [0.15, 0.2) is 11.6 Å². The predicted molar refractivity (Wildman–Crippen MR) is 80.7 cm³/mol. The Balaban J connectivity index is 2.18. The molecule has 2 rings (SSSR count). The number of hydrogen-bond donors (Lipinski definition) is 2. The minimum absolute atomic E-state index is 0.00883. The number of halogens is 2. The van der Waals surface area contributed by atoms with Gasteiger partial charge in [0.05, 0.1) is 0 Å². The van der Waals surface area contributed by atoms with Crippen LogP contribution in [-0.4, -0.2) is 29.6 Å². The number of benzene rings is 1. The molecule has 21 heavy (non-hydrogen) atoms. The second-order valence-electron chi connectivity index (χ2n) is 6.08. The van der Waals surface area contributed by atoms with Crippen molar-refractivity contribution in [3.8, 4) is 0 Å². The van der Waals surface area contributed by atoms with Crippen LogP contribution in [0.1, 0.15) is 38.7 Å². The zero-order chi connectivity index (χ0) is 15.5.